The Bertz CT molecular complexity index is 788. The molecule has 0 saturated heterocycles. The highest BCUT2D eigenvalue weighted by atomic mass is 32.2. The Hall–Kier alpha value is -2.08. The fourth-order valence-electron chi connectivity index (χ4n) is 2.63. The van der Waals surface area contributed by atoms with Gasteiger partial charge in [-0.1, -0.05) is 12.1 Å². The Morgan fingerprint density at radius 2 is 1.91 bits per heavy atom. The molecule has 0 aliphatic carbocycles. The Morgan fingerprint density at radius 3 is 2.59 bits per heavy atom. The van der Waals surface area contributed by atoms with Gasteiger partial charge < -0.3 is 4.74 Å². The first-order chi connectivity index (χ1) is 10.5. The number of halogens is 1. The highest BCUT2D eigenvalue weighted by Gasteiger charge is 2.29. The average molecular weight is 321 g/mol. The van der Waals surface area contributed by atoms with Gasteiger partial charge in [0.1, 0.15) is 11.6 Å². The van der Waals surface area contributed by atoms with Crippen molar-refractivity contribution in [1.29, 1.82) is 0 Å². The van der Waals surface area contributed by atoms with Gasteiger partial charge in [0.05, 0.1) is 18.6 Å². The van der Waals surface area contributed by atoms with Crippen molar-refractivity contribution in [3.63, 3.8) is 0 Å². The Kier molecular flexibility index (Phi) is 3.78. The van der Waals surface area contributed by atoms with Gasteiger partial charge in [-0.2, -0.15) is 0 Å². The molecule has 0 atom stereocenters. The summed E-state index contributed by atoms with van der Waals surface area (Å²) in [6.07, 6.45) is 0.662. The van der Waals surface area contributed by atoms with Crippen molar-refractivity contribution in [2.24, 2.45) is 0 Å². The van der Waals surface area contributed by atoms with Gasteiger partial charge in [-0.05, 0) is 47.9 Å². The van der Waals surface area contributed by atoms with Crippen LogP contribution in [0.5, 0.6) is 5.75 Å². The van der Waals surface area contributed by atoms with Crippen LogP contribution in [0, 0.1) is 5.82 Å². The molecule has 2 aromatic rings. The molecule has 0 amide bonds. The topological polar surface area (TPSA) is 46.6 Å². The molecule has 1 aliphatic rings. The minimum atomic E-state index is -3.49. The number of hydrogen-bond acceptors (Lipinski definition) is 3. The maximum Gasteiger partial charge on any atom is 0.239 e. The molecule has 0 aromatic heterocycles. The van der Waals surface area contributed by atoms with E-state index in [0.29, 0.717) is 24.2 Å². The predicted molar refractivity (Wildman–Crippen MR) is 83.1 cm³/mol. The number of hydrogen-bond donors (Lipinski definition) is 0. The van der Waals surface area contributed by atoms with Gasteiger partial charge in [-0.15, -0.1) is 0 Å². The third kappa shape index (κ3) is 2.78. The molecule has 22 heavy (non-hydrogen) atoms. The van der Waals surface area contributed by atoms with E-state index in [1.54, 1.807) is 19.2 Å². The van der Waals surface area contributed by atoms with Crippen LogP contribution in [0.25, 0.3) is 0 Å². The molecule has 6 heteroatoms. The summed E-state index contributed by atoms with van der Waals surface area (Å²) in [5.41, 5.74) is 2.23. The van der Waals surface area contributed by atoms with E-state index in [0.717, 1.165) is 11.3 Å². The number of ether oxygens (including phenoxy) is 1. The summed E-state index contributed by atoms with van der Waals surface area (Å²) in [5, 5.41) is 0. The van der Waals surface area contributed by atoms with E-state index in [-0.39, 0.29) is 11.6 Å². The van der Waals surface area contributed by atoms with E-state index >= 15 is 0 Å². The molecule has 0 unspecified atom stereocenters. The molecule has 2 aromatic carbocycles. The number of rotatable bonds is 4. The van der Waals surface area contributed by atoms with Crippen LogP contribution in [-0.2, 0) is 22.2 Å². The Morgan fingerprint density at radius 1 is 1.18 bits per heavy atom. The number of nitrogens with zero attached hydrogens (tertiary/aromatic N) is 1. The van der Waals surface area contributed by atoms with Crippen molar-refractivity contribution in [3.8, 4) is 5.75 Å². The van der Waals surface area contributed by atoms with Crippen LogP contribution < -0.4 is 9.04 Å². The van der Waals surface area contributed by atoms with E-state index in [4.69, 9.17) is 4.74 Å². The number of fused-ring (bicyclic) bond motifs is 1. The zero-order chi connectivity index (χ0) is 15.7. The van der Waals surface area contributed by atoms with Crippen LogP contribution >= 0.6 is 0 Å². The second-order valence-electron chi connectivity index (χ2n) is 5.20. The number of sulfonamides is 1. The minimum absolute atomic E-state index is 0.140. The van der Waals surface area contributed by atoms with Gasteiger partial charge in [0.15, 0.2) is 0 Å². The third-order valence-electron chi connectivity index (χ3n) is 3.74. The van der Waals surface area contributed by atoms with Crippen LogP contribution in [0.4, 0.5) is 10.1 Å². The SMILES string of the molecule is COc1ccc2c(c1)CCN2S(=O)(=O)Cc1ccc(F)cc1. The molecular weight excluding hydrogens is 305 g/mol. The summed E-state index contributed by atoms with van der Waals surface area (Å²) < 4.78 is 44.7. The van der Waals surface area contributed by atoms with E-state index in [1.807, 2.05) is 6.07 Å². The largest absolute Gasteiger partial charge is 0.497 e. The number of anilines is 1. The number of methoxy groups -OCH3 is 1. The summed E-state index contributed by atoms with van der Waals surface area (Å²) >= 11 is 0. The predicted octanol–water partition coefficient (Wildman–Crippen LogP) is 2.73. The van der Waals surface area contributed by atoms with Crippen molar-refractivity contribution < 1.29 is 17.5 Å². The molecule has 0 fully saturated rings. The molecule has 1 aliphatic heterocycles. The molecular formula is C16H16FNO3S. The van der Waals surface area contributed by atoms with Crippen LogP contribution in [0.15, 0.2) is 42.5 Å². The van der Waals surface area contributed by atoms with Crippen LogP contribution in [0.2, 0.25) is 0 Å². The molecule has 4 nitrogen and oxygen atoms in total. The minimum Gasteiger partial charge on any atom is -0.497 e. The summed E-state index contributed by atoms with van der Waals surface area (Å²) in [6, 6.07) is 10.9. The van der Waals surface area contributed by atoms with Crippen molar-refractivity contribution in [2.75, 3.05) is 18.0 Å². The highest BCUT2D eigenvalue weighted by molar-refractivity contribution is 7.92. The maximum absolute atomic E-state index is 12.9. The molecule has 0 bridgehead atoms. The molecule has 3 rings (SSSR count). The van der Waals surface area contributed by atoms with Crippen molar-refractivity contribution in [1.82, 2.24) is 0 Å². The van der Waals surface area contributed by atoms with E-state index in [1.165, 1.54) is 28.6 Å². The van der Waals surface area contributed by atoms with Crippen LogP contribution in [0.3, 0.4) is 0 Å². The third-order valence-corrected chi connectivity index (χ3v) is 5.49. The lowest BCUT2D eigenvalue weighted by Gasteiger charge is -2.19. The average Bonchev–Trinajstić information content (AvgIpc) is 2.93. The second kappa shape index (κ2) is 5.61. The van der Waals surface area contributed by atoms with Crippen molar-refractivity contribution in [2.45, 2.75) is 12.2 Å². The lowest BCUT2D eigenvalue weighted by Crippen LogP contribution is -2.30. The maximum atomic E-state index is 12.9. The van der Waals surface area contributed by atoms with Gasteiger partial charge in [0, 0.05) is 6.54 Å². The quantitative estimate of drug-likeness (QED) is 0.870. The summed E-state index contributed by atoms with van der Waals surface area (Å²) in [4.78, 5) is 0. The van der Waals surface area contributed by atoms with Crippen LogP contribution in [0.1, 0.15) is 11.1 Å². The molecule has 1 heterocycles. The van der Waals surface area contributed by atoms with Gasteiger partial charge in [0.25, 0.3) is 0 Å². The molecule has 0 saturated carbocycles. The highest BCUT2D eigenvalue weighted by Crippen LogP contribution is 2.33. The van der Waals surface area contributed by atoms with Gasteiger partial charge >= 0.3 is 0 Å². The summed E-state index contributed by atoms with van der Waals surface area (Å²) in [5.74, 6) is 0.204. The first-order valence-electron chi connectivity index (χ1n) is 6.91. The first-order valence-corrected chi connectivity index (χ1v) is 8.52. The molecule has 0 N–H and O–H groups in total. The zero-order valence-electron chi connectivity index (χ0n) is 12.1. The lowest BCUT2D eigenvalue weighted by molar-refractivity contribution is 0.414. The van der Waals surface area contributed by atoms with Gasteiger partial charge in [-0.25, -0.2) is 12.8 Å². The number of benzene rings is 2. The second-order valence-corrected chi connectivity index (χ2v) is 7.09. The first kappa shape index (κ1) is 14.8. The lowest BCUT2D eigenvalue weighted by atomic mass is 10.1. The normalized spacial score (nSPS) is 14.0. The smallest absolute Gasteiger partial charge is 0.239 e. The van der Waals surface area contributed by atoms with Gasteiger partial charge in [-0.3, -0.25) is 4.31 Å². The fourth-order valence-corrected chi connectivity index (χ4v) is 4.25. The zero-order valence-corrected chi connectivity index (χ0v) is 12.9. The molecule has 0 spiro atoms. The monoisotopic (exact) mass is 321 g/mol. The molecule has 0 radical (unpaired) electrons. The van der Waals surface area contributed by atoms with Crippen molar-refractivity contribution in [3.05, 3.63) is 59.4 Å². The Labute approximate surface area is 129 Å². The van der Waals surface area contributed by atoms with E-state index in [9.17, 15) is 12.8 Å². The van der Waals surface area contributed by atoms with Gasteiger partial charge in [0.2, 0.25) is 10.0 Å². The summed E-state index contributed by atoms with van der Waals surface area (Å²) in [6.45, 7) is 0.423. The Balaban J connectivity index is 1.87. The molecule has 116 valence electrons. The van der Waals surface area contributed by atoms with E-state index in [2.05, 4.69) is 0 Å². The fraction of sp³-hybridized carbons (Fsp3) is 0.250. The van der Waals surface area contributed by atoms with Crippen molar-refractivity contribution >= 4 is 15.7 Å². The van der Waals surface area contributed by atoms with E-state index < -0.39 is 10.0 Å². The summed E-state index contributed by atoms with van der Waals surface area (Å²) in [7, 11) is -1.91. The van der Waals surface area contributed by atoms with Crippen LogP contribution in [-0.4, -0.2) is 22.1 Å². The standard InChI is InChI=1S/C16H16FNO3S/c1-21-15-6-7-16-13(10-15)8-9-18(16)22(19,20)11-12-2-4-14(17)5-3-12/h2-7,10H,8-9,11H2,1H3.